The molecule has 0 radical (unpaired) electrons. The lowest BCUT2D eigenvalue weighted by atomic mass is 10.3. The van der Waals surface area contributed by atoms with Crippen molar-refractivity contribution in [2.75, 3.05) is 0 Å². The molecule has 0 aliphatic rings. The summed E-state index contributed by atoms with van der Waals surface area (Å²) in [4.78, 5) is 3.73. The maximum Gasteiger partial charge on any atom is 0.176 e. The summed E-state index contributed by atoms with van der Waals surface area (Å²) >= 11 is 5.46. The smallest absolute Gasteiger partial charge is 0.176 e. The second kappa shape index (κ2) is 3.69. The van der Waals surface area contributed by atoms with E-state index in [1.165, 1.54) is 12.3 Å². The van der Waals surface area contributed by atoms with Crippen LogP contribution in [0.4, 0.5) is 0 Å². The summed E-state index contributed by atoms with van der Waals surface area (Å²) in [5, 5.41) is 19.4. The highest BCUT2D eigenvalue weighted by molar-refractivity contribution is 6.69. The molecule has 12 heavy (non-hydrogen) atoms. The first-order valence-corrected chi connectivity index (χ1v) is 3.40. The van der Waals surface area contributed by atoms with Crippen molar-refractivity contribution in [2.24, 2.45) is 5.16 Å². The second-order valence-corrected chi connectivity index (χ2v) is 2.29. The summed E-state index contributed by atoms with van der Waals surface area (Å²) in [7, 11) is 0. The number of hydrogen-bond donors (Lipinski definition) is 1. The molecule has 0 saturated carbocycles. The van der Waals surface area contributed by atoms with E-state index in [0.717, 1.165) is 0 Å². The van der Waals surface area contributed by atoms with Gasteiger partial charge in [-0.1, -0.05) is 16.8 Å². The van der Waals surface area contributed by atoms with Crippen LogP contribution in [0.1, 0.15) is 11.3 Å². The molecule has 1 rings (SSSR count). The van der Waals surface area contributed by atoms with Crippen LogP contribution >= 0.6 is 11.6 Å². The number of pyridine rings is 1. The Labute approximate surface area is 73.7 Å². The van der Waals surface area contributed by atoms with E-state index in [4.69, 9.17) is 22.1 Å². The maximum absolute atomic E-state index is 8.40. The van der Waals surface area contributed by atoms with Crippen LogP contribution in [0.2, 0.25) is 0 Å². The van der Waals surface area contributed by atoms with Gasteiger partial charge >= 0.3 is 0 Å². The Morgan fingerprint density at radius 2 is 2.42 bits per heavy atom. The predicted molar refractivity (Wildman–Crippen MR) is 43.1 cm³/mol. The molecule has 1 aromatic rings. The first-order valence-electron chi connectivity index (χ1n) is 3.02. The van der Waals surface area contributed by atoms with Crippen LogP contribution in [-0.4, -0.2) is 15.4 Å². The van der Waals surface area contributed by atoms with Gasteiger partial charge in [-0.15, -0.1) is 0 Å². The third-order valence-corrected chi connectivity index (χ3v) is 1.50. The zero-order chi connectivity index (χ0) is 8.97. The fourth-order valence-corrected chi connectivity index (χ4v) is 0.752. The SMILES string of the molecule is N#Cc1ccc(C(Cl)=NO)cn1. The molecule has 0 amide bonds. The molecule has 0 aliphatic carbocycles. The minimum atomic E-state index is -0.0491. The van der Waals surface area contributed by atoms with Gasteiger partial charge in [-0.2, -0.15) is 5.26 Å². The monoisotopic (exact) mass is 181 g/mol. The van der Waals surface area contributed by atoms with Crippen LogP contribution in [0.3, 0.4) is 0 Å². The zero-order valence-corrected chi connectivity index (χ0v) is 6.65. The Bertz CT molecular complexity index is 339. The molecule has 60 valence electrons. The molecular formula is C7H4ClN3O. The fourth-order valence-electron chi connectivity index (χ4n) is 0.640. The molecule has 1 aromatic heterocycles. The fraction of sp³-hybridized carbons (Fsp3) is 0. The Morgan fingerprint density at radius 1 is 1.67 bits per heavy atom. The molecule has 0 unspecified atom stereocenters. The number of oxime groups is 1. The van der Waals surface area contributed by atoms with E-state index in [9.17, 15) is 0 Å². The third-order valence-electron chi connectivity index (χ3n) is 1.20. The number of nitriles is 1. The van der Waals surface area contributed by atoms with E-state index in [1.807, 2.05) is 6.07 Å². The Morgan fingerprint density at radius 3 is 2.83 bits per heavy atom. The quantitative estimate of drug-likeness (QED) is 0.404. The largest absolute Gasteiger partial charge is 0.410 e. The average molecular weight is 182 g/mol. The van der Waals surface area contributed by atoms with Crippen molar-refractivity contribution < 1.29 is 5.21 Å². The highest BCUT2D eigenvalue weighted by atomic mass is 35.5. The summed E-state index contributed by atoms with van der Waals surface area (Å²) in [6.45, 7) is 0. The van der Waals surface area contributed by atoms with Crippen molar-refractivity contribution in [3.05, 3.63) is 29.6 Å². The van der Waals surface area contributed by atoms with Gasteiger partial charge in [0.05, 0.1) is 0 Å². The summed E-state index contributed by atoms with van der Waals surface area (Å²) in [5.41, 5.74) is 0.763. The normalized spacial score (nSPS) is 10.8. The molecule has 0 fully saturated rings. The van der Waals surface area contributed by atoms with Crippen LogP contribution in [0.15, 0.2) is 23.5 Å². The molecule has 4 nitrogen and oxygen atoms in total. The van der Waals surface area contributed by atoms with Gasteiger partial charge in [0.2, 0.25) is 0 Å². The first-order chi connectivity index (χ1) is 5.77. The van der Waals surface area contributed by atoms with Gasteiger partial charge in [0.25, 0.3) is 0 Å². The predicted octanol–water partition coefficient (Wildman–Crippen LogP) is 1.33. The molecule has 1 N–H and O–H groups in total. The zero-order valence-electron chi connectivity index (χ0n) is 5.90. The Hall–Kier alpha value is -1.60. The van der Waals surface area contributed by atoms with Crippen LogP contribution < -0.4 is 0 Å². The van der Waals surface area contributed by atoms with Gasteiger partial charge in [-0.25, -0.2) is 4.98 Å². The summed E-state index contributed by atoms with van der Waals surface area (Å²) in [6, 6.07) is 4.89. The standard InChI is InChI=1S/C7H4ClN3O/c8-7(11-12)5-1-2-6(3-9)10-4-5/h1-2,4,12H. The van der Waals surface area contributed by atoms with E-state index in [-0.39, 0.29) is 5.17 Å². The minimum Gasteiger partial charge on any atom is -0.410 e. The lowest BCUT2D eigenvalue weighted by Gasteiger charge is -1.93. The molecule has 0 bridgehead atoms. The summed E-state index contributed by atoms with van der Waals surface area (Å²) in [5.74, 6) is 0. The average Bonchev–Trinajstić information content (AvgIpc) is 2.17. The van der Waals surface area contributed by atoms with E-state index in [2.05, 4.69) is 10.1 Å². The number of halogens is 1. The minimum absolute atomic E-state index is 0.0491. The first kappa shape index (κ1) is 8.50. The van der Waals surface area contributed by atoms with Gasteiger partial charge in [0, 0.05) is 11.8 Å². The summed E-state index contributed by atoms with van der Waals surface area (Å²) < 4.78 is 0. The molecular weight excluding hydrogens is 178 g/mol. The maximum atomic E-state index is 8.40. The Balaban J connectivity index is 3.02. The van der Waals surface area contributed by atoms with Crippen molar-refractivity contribution in [1.29, 1.82) is 5.26 Å². The number of nitrogens with zero attached hydrogens (tertiary/aromatic N) is 3. The van der Waals surface area contributed by atoms with Crippen LogP contribution in [0, 0.1) is 11.3 Å². The van der Waals surface area contributed by atoms with E-state index in [0.29, 0.717) is 11.3 Å². The van der Waals surface area contributed by atoms with E-state index >= 15 is 0 Å². The lowest BCUT2D eigenvalue weighted by Crippen LogP contribution is -1.92. The highest BCUT2D eigenvalue weighted by Gasteiger charge is 2.00. The van der Waals surface area contributed by atoms with Crippen molar-refractivity contribution >= 4 is 16.8 Å². The number of rotatable bonds is 1. The van der Waals surface area contributed by atoms with Gasteiger partial charge in [0.15, 0.2) is 5.17 Å². The molecule has 0 atom stereocenters. The van der Waals surface area contributed by atoms with Crippen molar-refractivity contribution in [3.63, 3.8) is 0 Å². The number of hydrogen-bond acceptors (Lipinski definition) is 4. The van der Waals surface area contributed by atoms with Crippen molar-refractivity contribution in [3.8, 4) is 6.07 Å². The molecule has 0 aliphatic heterocycles. The van der Waals surface area contributed by atoms with Gasteiger partial charge in [-0.3, -0.25) is 0 Å². The van der Waals surface area contributed by atoms with Crippen LogP contribution in [0.25, 0.3) is 0 Å². The molecule has 5 heteroatoms. The van der Waals surface area contributed by atoms with Gasteiger partial charge < -0.3 is 5.21 Å². The van der Waals surface area contributed by atoms with E-state index < -0.39 is 0 Å². The van der Waals surface area contributed by atoms with Crippen LogP contribution in [0.5, 0.6) is 0 Å². The van der Waals surface area contributed by atoms with Crippen LogP contribution in [-0.2, 0) is 0 Å². The topological polar surface area (TPSA) is 69.3 Å². The number of aromatic nitrogens is 1. The molecule has 1 heterocycles. The van der Waals surface area contributed by atoms with E-state index in [1.54, 1.807) is 6.07 Å². The second-order valence-electron chi connectivity index (χ2n) is 1.93. The van der Waals surface area contributed by atoms with Gasteiger partial charge in [-0.05, 0) is 12.1 Å². The molecule has 0 spiro atoms. The Kier molecular flexibility index (Phi) is 2.62. The summed E-state index contributed by atoms with van der Waals surface area (Å²) in [6.07, 6.45) is 1.36. The molecule has 0 aromatic carbocycles. The van der Waals surface area contributed by atoms with Gasteiger partial charge in [0.1, 0.15) is 11.8 Å². The molecule has 0 saturated heterocycles. The third kappa shape index (κ3) is 1.71. The van der Waals surface area contributed by atoms with Crippen molar-refractivity contribution in [2.45, 2.75) is 0 Å². The van der Waals surface area contributed by atoms with Crippen molar-refractivity contribution in [1.82, 2.24) is 4.98 Å². The highest BCUT2D eigenvalue weighted by Crippen LogP contribution is 2.03. The lowest BCUT2D eigenvalue weighted by molar-refractivity contribution is 0.321.